The number of aliphatic hydroxyl groups excluding tert-OH is 3. The quantitative estimate of drug-likeness (QED) is 0.320. The summed E-state index contributed by atoms with van der Waals surface area (Å²) in [5.74, 6) is -0.461. The second-order valence-electron chi connectivity index (χ2n) is 11.0. The van der Waals surface area contributed by atoms with Crippen molar-refractivity contribution in [3.8, 4) is 11.1 Å². The predicted molar refractivity (Wildman–Crippen MR) is 147 cm³/mol. The van der Waals surface area contributed by atoms with E-state index in [1.807, 2.05) is 0 Å². The van der Waals surface area contributed by atoms with Crippen molar-refractivity contribution in [2.45, 2.75) is 56.8 Å². The monoisotopic (exact) mass is 611 g/mol. The zero-order chi connectivity index (χ0) is 31.9. The number of benzene rings is 2. The third-order valence-corrected chi connectivity index (χ3v) is 7.75. The van der Waals surface area contributed by atoms with Gasteiger partial charge in [-0.2, -0.15) is 26.3 Å². The maximum atomic E-state index is 13.9. The molecule has 0 saturated carbocycles. The second kappa shape index (κ2) is 11.8. The Morgan fingerprint density at radius 3 is 2.09 bits per heavy atom. The number of alkyl halides is 6. The molecule has 1 saturated heterocycles. The smallest absolute Gasteiger partial charge is 0.394 e. The van der Waals surface area contributed by atoms with Crippen LogP contribution in [0.5, 0.6) is 0 Å². The first-order valence-corrected chi connectivity index (χ1v) is 13.3. The van der Waals surface area contributed by atoms with E-state index in [-0.39, 0.29) is 31.5 Å². The van der Waals surface area contributed by atoms with Crippen molar-refractivity contribution >= 4 is 17.4 Å². The molecule has 0 radical (unpaired) electrons. The van der Waals surface area contributed by atoms with Gasteiger partial charge in [0.25, 0.3) is 0 Å². The van der Waals surface area contributed by atoms with Gasteiger partial charge >= 0.3 is 12.4 Å². The van der Waals surface area contributed by atoms with E-state index < -0.39 is 52.5 Å². The fraction of sp³-hybridized carbons (Fsp3) is 0.400. The largest absolute Gasteiger partial charge is 0.416 e. The van der Waals surface area contributed by atoms with E-state index >= 15 is 0 Å². The van der Waals surface area contributed by atoms with E-state index in [4.69, 9.17) is 0 Å². The summed E-state index contributed by atoms with van der Waals surface area (Å²) in [7, 11) is 1.33. The van der Waals surface area contributed by atoms with E-state index in [0.29, 0.717) is 41.1 Å². The molecule has 4 rings (SSSR count). The van der Waals surface area contributed by atoms with Crippen LogP contribution in [0.3, 0.4) is 0 Å². The average molecular weight is 612 g/mol. The SMILES string of the molecule is CN(C(=O)C(C)(C)c1cc(C(F)(F)F)cc(C(F)(F)F)c1)c1cnc(N2CC(O)CC2CO)cc1-c1ccccc1CO. The molecule has 0 spiro atoms. The lowest BCUT2D eigenvalue weighted by Crippen LogP contribution is -2.42. The highest BCUT2D eigenvalue weighted by Crippen LogP contribution is 2.41. The summed E-state index contributed by atoms with van der Waals surface area (Å²) in [6.07, 6.45) is -9.26. The molecule has 1 aliphatic rings. The molecule has 2 aromatic carbocycles. The number of hydrogen-bond donors (Lipinski definition) is 3. The highest BCUT2D eigenvalue weighted by atomic mass is 19.4. The van der Waals surface area contributed by atoms with Crippen LogP contribution in [0, 0.1) is 0 Å². The molecule has 3 aromatic rings. The van der Waals surface area contributed by atoms with Crippen LogP contribution >= 0.6 is 0 Å². The van der Waals surface area contributed by atoms with Gasteiger partial charge in [-0.05, 0) is 61.2 Å². The van der Waals surface area contributed by atoms with E-state index in [1.54, 1.807) is 35.2 Å². The van der Waals surface area contributed by atoms with Crippen molar-refractivity contribution in [2.75, 3.05) is 30.0 Å². The van der Waals surface area contributed by atoms with Gasteiger partial charge in [0.15, 0.2) is 0 Å². The standard InChI is InChI=1S/C30H31F6N3O4/c1-28(2,18-8-19(29(31,32)33)10-20(9-18)30(34,35)36)27(43)38(3)25-13-37-26(39-14-22(42)11-21(39)16-41)12-24(25)23-7-5-4-6-17(23)15-40/h4-10,12-13,21-22,40-42H,11,14-16H2,1-3H3. The van der Waals surface area contributed by atoms with Crippen molar-refractivity contribution in [2.24, 2.45) is 0 Å². The third-order valence-electron chi connectivity index (χ3n) is 7.75. The summed E-state index contributed by atoms with van der Waals surface area (Å²) in [6, 6.07) is 8.99. The molecule has 1 aliphatic heterocycles. The zero-order valence-electron chi connectivity index (χ0n) is 23.5. The van der Waals surface area contributed by atoms with Gasteiger partial charge in [-0.3, -0.25) is 4.79 Å². The molecule has 43 heavy (non-hydrogen) atoms. The molecule has 1 fully saturated rings. The van der Waals surface area contributed by atoms with Crippen LogP contribution in [0.2, 0.25) is 0 Å². The maximum absolute atomic E-state index is 13.9. The number of carbonyl (C=O) groups is 1. The summed E-state index contributed by atoms with van der Waals surface area (Å²) in [5, 5.41) is 30.0. The summed E-state index contributed by atoms with van der Waals surface area (Å²) in [5.41, 5.74) is -3.86. The molecular weight excluding hydrogens is 580 g/mol. The van der Waals surface area contributed by atoms with E-state index in [1.165, 1.54) is 27.1 Å². The molecule has 0 aliphatic carbocycles. The molecular formula is C30H31F6N3O4. The minimum Gasteiger partial charge on any atom is -0.394 e. The lowest BCUT2D eigenvalue weighted by atomic mass is 9.81. The lowest BCUT2D eigenvalue weighted by molar-refractivity contribution is -0.143. The number of likely N-dealkylation sites (N-methyl/N-ethyl adjacent to an activating group) is 1. The van der Waals surface area contributed by atoms with Crippen molar-refractivity contribution in [1.29, 1.82) is 0 Å². The zero-order valence-corrected chi connectivity index (χ0v) is 23.5. The van der Waals surface area contributed by atoms with Gasteiger partial charge in [-0.25, -0.2) is 4.98 Å². The molecule has 2 atom stereocenters. The van der Waals surface area contributed by atoms with Gasteiger partial charge < -0.3 is 25.1 Å². The third kappa shape index (κ3) is 6.48. The number of β-amino-alcohol motifs (C(OH)–C–C–N with tert-alkyl or cyclic N) is 1. The highest BCUT2D eigenvalue weighted by molar-refractivity contribution is 6.03. The van der Waals surface area contributed by atoms with Crippen molar-refractivity contribution in [1.82, 2.24) is 4.98 Å². The maximum Gasteiger partial charge on any atom is 0.416 e. The van der Waals surface area contributed by atoms with E-state index in [0.717, 1.165) is 4.90 Å². The van der Waals surface area contributed by atoms with Crippen molar-refractivity contribution in [3.05, 3.63) is 77.0 Å². The number of aromatic nitrogens is 1. The van der Waals surface area contributed by atoms with Crippen molar-refractivity contribution < 1.29 is 46.5 Å². The number of rotatable bonds is 7. The first kappa shape index (κ1) is 32.2. The average Bonchev–Trinajstić information content (AvgIpc) is 3.35. The van der Waals surface area contributed by atoms with Gasteiger partial charge in [-0.15, -0.1) is 0 Å². The van der Waals surface area contributed by atoms with E-state index in [9.17, 15) is 46.5 Å². The van der Waals surface area contributed by atoms with Gasteiger partial charge in [0.05, 0.1) is 53.8 Å². The molecule has 2 unspecified atom stereocenters. The first-order chi connectivity index (χ1) is 20.0. The Kier molecular flexibility index (Phi) is 8.83. The summed E-state index contributed by atoms with van der Waals surface area (Å²) < 4.78 is 81.5. The molecule has 232 valence electrons. The summed E-state index contributed by atoms with van der Waals surface area (Å²) >= 11 is 0. The first-order valence-electron chi connectivity index (χ1n) is 13.3. The molecule has 0 bridgehead atoms. The van der Waals surface area contributed by atoms with Gasteiger partial charge in [-0.1, -0.05) is 24.3 Å². The Hall–Kier alpha value is -3.68. The normalized spacial score (nSPS) is 17.8. The number of halogens is 6. The Morgan fingerprint density at radius 2 is 1.53 bits per heavy atom. The van der Waals surface area contributed by atoms with Gasteiger partial charge in [0.2, 0.25) is 5.91 Å². The van der Waals surface area contributed by atoms with Gasteiger partial charge in [0, 0.05) is 19.2 Å². The highest BCUT2D eigenvalue weighted by Gasteiger charge is 2.41. The molecule has 3 N–H and O–H groups in total. The number of hydrogen-bond acceptors (Lipinski definition) is 6. The van der Waals surface area contributed by atoms with Gasteiger partial charge in [0.1, 0.15) is 5.82 Å². The minimum atomic E-state index is -5.09. The number of carbonyl (C=O) groups excluding carboxylic acids is 1. The van der Waals surface area contributed by atoms with Crippen LogP contribution in [0.25, 0.3) is 11.1 Å². The Balaban J connectivity index is 1.84. The summed E-state index contributed by atoms with van der Waals surface area (Å²) in [6.45, 7) is 2.02. The second-order valence-corrected chi connectivity index (χ2v) is 11.0. The van der Waals surface area contributed by atoms with Crippen LogP contribution in [0.15, 0.2) is 54.7 Å². The van der Waals surface area contributed by atoms with Crippen LogP contribution in [0.1, 0.15) is 42.5 Å². The fourth-order valence-electron chi connectivity index (χ4n) is 5.31. The number of amides is 1. The number of aliphatic hydroxyl groups is 3. The van der Waals surface area contributed by atoms with Crippen molar-refractivity contribution in [3.63, 3.8) is 0 Å². The Morgan fingerprint density at radius 1 is 0.953 bits per heavy atom. The van der Waals surface area contributed by atoms with Crippen LogP contribution in [0.4, 0.5) is 37.8 Å². The molecule has 1 amide bonds. The predicted octanol–water partition coefficient (Wildman–Crippen LogP) is 5.15. The Labute approximate surface area is 244 Å². The van der Waals surface area contributed by atoms with Crippen LogP contribution in [-0.4, -0.2) is 58.6 Å². The topological polar surface area (TPSA) is 97.1 Å². The number of nitrogens with zero attached hydrogens (tertiary/aromatic N) is 3. The molecule has 7 nitrogen and oxygen atoms in total. The molecule has 1 aromatic heterocycles. The number of anilines is 2. The minimum absolute atomic E-state index is 0.00921. The van der Waals surface area contributed by atoms with Crippen LogP contribution < -0.4 is 9.80 Å². The van der Waals surface area contributed by atoms with Crippen LogP contribution in [-0.2, 0) is 29.2 Å². The summed E-state index contributed by atoms with van der Waals surface area (Å²) in [4.78, 5) is 21.2. The number of pyridine rings is 1. The Bertz CT molecular complexity index is 1460. The molecule has 2 heterocycles. The molecule has 13 heteroatoms. The lowest BCUT2D eigenvalue weighted by Gasteiger charge is -2.32. The van der Waals surface area contributed by atoms with E-state index in [2.05, 4.69) is 4.98 Å². The fourth-order valence-corrected chi connectivity index (χ4v) is 5.31.